The zero-order valence-electron chi connectivity index (χ0n) is 43.0. The largest absolute Gasteiger partial charge is 0.457 e. The number of anilines is 2. The van der Waals surface area contributed by atoms with Crippen LogP contribution in [0.5, 0.6) is 11.5 Å². The molecular weight excluding hydrogens is 805 g/mol. The highest BCUT2D eigenvalue weighted by Gasteiger charge is 2.37. The Labute approximate surface area is 396 Å². The van der Waals surface area contributed by atoms with Gasteiger partial charge in [0.05, 0.1) is 17.7 Å². The summed E-state index contributed by atoms with van der Waals surface area (Å²) in [4.78, 5) is 9.98. The lowest BCUT2D eigenvalue weighted by Gasteiger charge is -2.36. The first-order chi connectivity index (χ1) is 30.6. The summed E-state index contributed by atoms with van der Waals surface area (Å²) < 4.78 is 9.54. The smallest absolute Gasteiger partial charge is 0.137 e. The van der Waals surface area contributed by atoms with Gasteiger partial charge in [0, 0.05) is 57.8 Å². The van der Waals surface area contributed by atoms with E-state index >= 15 is 0 Å². The van der Waals surface area contributed by atoms with Crippen molar-refractivity contribution in [3.63, 3.8) is 0 Å². The number of hydrogen-bond donors (Lipinski definition) is 0. The first kappa shape index (κ1) is 46.7. The molecule has 0 amide bonds. The summed E-state index contributed by atoms with van der Waals surface area (Å²) in [5, 5.41) is 2.45. The van der Waals surface area contributed by atoms with E-state index in [1.807, 2.05) is 6.20 Å². The maximum absolute atomic E-state index is 7.21. The van der Waals surface area contributed by atoms with Gasteiger partial charge in [0.25, 0.3) is 0 Å². The Hall–Kier alpha value is -5.81. The summed E-state index contributed by atoms with van der Waals surface area (Å²) in [5.41, 5.74) is 12.8. The molecule has 1 aliphatic rings. The number of rotatable bonds is 7. The lowest BCUT2D eigenvalue weighted by atomic mass is 9.79. The predicted molar refractivity (Wildman–Crippen MR) is 282 cm³/mol. The van der Waals surface area contributed by atoms with Gasteiger partial charge in [0.15, 0.2) is 0 Å². The van der Waals surface area contributed by atoms with Crippen molar-refractivity contribution in [3.05, 3.63) is 167 Å². The first-order valence-corrected chi connectivity index (χ1v) is 24.0. The maximum atomic E-state index is 7.21. The van der Waals surface area contributed by atoms with Crippen molar-refractivity contribution < 1.29 is 4.74 Å². The highest BCUT2D eigenvalue weighted by molar-refractivity contribution is 6.11. The Kier molecular flexibility index (Phi) is 11.5. The molecule has 0 fully saturated rings. The van der Waals surface area contributed by atoms with Crippen LogP contribution >= 0.6 is 0 Å². The molecule has 7 aromatic rings. The van der Waals surface area contributed by atoms with Crippen LogP contribution in [0.3, 0.4) is 0 Å². The van der Waals surface area contributed by atoms with Crippen molar-refractivity contribution in [1.29, 1.82) is 0 Å². The van der Waals surface area contributed by atoms with Gasteiger partial charge in [0.1, 0.15) is 17.3 Å². The van der Waals surface area contributed by atoms with Crippen LogP contribution in [0, 0.1) is 0 Å². The monoisotopic (exact) mass is 879 g/mol. The Morgan fingerprint density at radius 2 is 1.03 bits per heavy atom. The number of ether oxygens (including phenoxy) is 1. The van der Waals surface area contributed by atoms with E-state index in [2.05, 4.69) is 254 Å². The average molecular weight is 879 g/mol. The van der Waals surface area contributed by atoms with Crippen molar-refractivity contribution >= 4 is 33.2 Å². The Bertz CT molecular complexity index is 2930. The number of nitrogens with zero attached hydrogens (tertiary/aromatic N) is 4. The number of benzene rings is 5. The summed E-state index contributed by atoms with van der Waals surface area (Å²) in [7, 11) is 0. The molecular formula is C61H74N4O. The second-order valence-electron chi connectivity index (χ2n) is 24.5. The highest BCUT2D eigenvalue weighted by atomic mass is 16.5. The van der Waals surface area contributed by atoms with E-state index < -0.39 is 0 Å². The van der Waals surface area contributed by atoms with Gasteiger partial charge in [0.2, 0.25) is 0 Å². The van der Waals surface area contributed by atoms with E-state index in [0.717, 1.165) is 34.0 Å². The zero-order chi connectivity index (χ0) is 47.9. The second kappa shape index (κ2) is 16.2. The Morgan fingerprint density at radius 3 is 1.64 bits per heavy atom. The minimum atomic E-state index is -0.297. The summed E-state index contributed by atoms with van der Waals surface area (Å²) >= 11 is 0. The van der Waals surface area contributed by atoms with E-state index in [9.17, 15) is 0 Å². The second-order valence-corrected chi connectivity index (χ2v) is 24.5. The van der Waals surface area contributed by atoms with E-state index in [4.69, 9.17) is 9.72 Å². The van der Waals surface area contributed by atoms with Crippen molar-refractivity contribution in [1.82, 2.24) is 9.55 Å². The SMILES string of the molecule is CC(C)(C)c1cc(Oc2cc(C(C)(C)C)c3c4ccccc4n(-c4cc(C(C)(C)C)ccn4)c3c2)cc(N2C=C(C(C)(C)c3ccccc3)N(c3cc(C(C)(C)C)cc(C(C)(C)C)c3)C2)c1. The molecule has 344 valence electrons. The van der Waals surface area contributed by atoms with Gasteiger partial charge in [-0.15, -0.1) is 0 Å². The van der Waals surface area contributed by atoms with Crippen LogP contribution in [-0.2, 0) is 32.5 Å². The molecule has 0 bridgehead atoms. The lowest BCUT2D eigenvalue weighted by Crippen LogP contribution is -2.34. The number of fused-ring (bicyclic) bond motifs is 3. The predicted octanol–water partition coefficient (Wildman–Crippen LogP) is 16.6. The van der Waals surface area contributed by atoms with Gasteiger partial charge >= 0.3 is 0 Å². The van der Waals surface area contributed by atoms with Crippen molar-refractivity contribution in [2.75, 3.05) is 16.5 Å². The van der Waals surface area contributed by atoms with E-state index in [1.165, 1.54) is 55.5 Å². The molecule has 8 rings (SSSR count). The van der Waals surface area contributed by atoms with E-state index in [0.29, 0.717) is 6.67 Å². The van der Waals surface area contributed by atoms with Gasteiger partial charge in [-0.25, -0.2) is 4.98 Å². The molecule has 0 N–H and O–H groups in total. The third kappa shape index (κ3) is 9.03. The molecule has 0 atom stereocenters. The van der Waals surface area contributed by atoms with Crippen LogP contribution in [0.25, 0.3) is 27.6 Å². The maximum Gasteiger partial charge on any atom is 0.137 e. The molecule has 0 saturated heterocycles. The minimum absolute atomic E-state index is 0.0151. The average Bonchev–Trinajstić information content (AvgIpc) is 3.83. The summed E-state index contributed by atoms with van der Waals surface area (Å²) in [5.74, 6) is 2.52. The van der Waals surface area contributed by atoms with Gasteiger partial charge in [-0.2, -0.15) is 0 Å². The van der Waals surface area contributed by atoms with Crippen LogP contribution in [-0.4, -0.2) is 16.2 Å². The molecule has 3 heterocycles. The molecule has 0 unspecified atom stereocenters. The molecule has 0 spiro atoms. The fourth-order valence-electron chi connectivity index (χ4n) is 9.35. The molecule has 66 heavy (non-hydrogen) atoms. The molecule has 1 aliphatic heterocycles. The number of para-hydroxylation sites is 1. The summed E-state index contributed by atoms with van der Waals surface area (Å²) in [6.45, 7) is 39.9. The van der Waals surface area contributed by atoms with Crippen molar-refractivity contribution in [2.45, 2.75) is 150 Å². The van der Waals surface area contributed by atoms with Crippen molar-refractivity contribution in [3.8, 4) is 17.3 Å². The number of hydrogen-bond acceptors (Lipinski definition) is 4. The van der Waals surface area contributed by atoms with Gasteiger partial charge in [-0.05, 0) is 109 Å². The normalized spacial score (nSPS) is 14.4. The van der Waals surface area contributed by atoms with Gasteiger partial charge in [-0.1, -0.05) is 172 Å². The molecule has 2 aromatic heterocycles. The van der Waals surface area contributed by atoms with E-state index in [-0.39, 0.29) is 32.5 Å². The Morgan fingerprint density at radius 1 is 0.470 bits per heavy atom. The molecule has 5 aromatic carbocycles. The molecule has 5 nitrogen and oxygen atoms in total. The number of allylic oxidation sites excluding steroid dienone is 1. The van der Waals surface area contributed by atoms with Crippen LogP contribution in [0.15, 0.2) is 133 Å². The minimum Gasteiger partial charge on any atom is -0.457 e. The number of pyridine rings is 1. The fourth-order valence-corrected chi connectivity index (χ4v) is 9.35. The molecule has 0 aliphatic carbocycles. The first-order valence-electron chi connectivity index (χ1n) is 24.0. The summed E-state index contributed by atoms with van der Waals surface area (Å²) in [6, 6.07) is 42.7. The standard InChI is InChI=1S/C61H74N4O/c1-56(2,3)41-27-28-62-54(34-41)65-51-26-22-21-25-49(51)55-50(60(13,14)15)36-48(37-52(55)65)66-47-33-44(59(10,11)12)30-45(35-47)63-38-53(61(16,17)40-23-19-18-20-24-40)64(39-63)46-31-42(57(4,5)6)29-43(32-46)58(7,8)9/h18-38H,39H2,1-17H3. The van der Waals surface area contributed by atoms with Crippen LogP contribution in [0.2, 0.25) is 0 Å². The van der Waals surface area contributed by atoms with Crippen LogP contribution in [0.4, 0.5) is 11.4 Å². The molecule has 5 heteroatoms. The van der Waals surface area contributed by atoms with Gasteiger partial charge in [-0.3, -0.25) is 4.57 Å². The number of aromatic nitrogens is 2. The molecule has 0 saturated carbocycles. The molecule has 0 radical (unpaired) electrons. The van der Waals surface area contributed by atoms with Crippen molar-refractivity contribution in [2.24, 2.45) is 0 Å². The highest BCUT2D eigenvalue weighted by Crippen LogP contribution is 2.46. The third-order valence-corrected chi connectivity index (χ3v) is 13.7. The van der Waals surface area contributed by atoms with Crippen LogP contribution in [0.1, 0.15) is 151 Å². The van der Waals surface area contributed by atoms with Gasteiger partial charge < -0.3 is 14.5 Å². The quantitative estimate of drug-likeness (QED) is 0.160. The zero-order valence-corrected chi connectivity index (χ0v) is 43.0. The van der Waals surface area contributed by atoms with Crippen LogP contribution < -0.4 is 14.5 Å². The van der Waals surface area contributed by atoms with E-state index in [1.54, 1.807) is 0 Å². The fraction of sp³-hybridized carbons (Fsp3) is 0.393. The lowest BCUT2D eigenvalue weighted by molar-refractivity contribution is 0.476. The summed E-state index contributed by atoms with van der Waals surface area (Å²) in [6.07, 6.45) is 4.34. The topological polar surface area (TPSA) is 33.5 Å². The third-order valence-electron chi connectivity index (χ3n) is 13.7. The Balaban J connectivity index is 1.30.